The highest BCUT2D eigenvalue weighted by Crippen LogP contribution is 2.43. The van der Waals surface area contributed by atoms with Crippen molar-refractivity contribution in [3.05, 3.63) is 81.7 Å². The molecular weight excluding hydrogens is 506 g/mol. The Morgan fingerprint density at radius 1 is 0.861 bits per heavy atom. The lowest BCUT2D eigenvalue weighted by Gasteiger charge is -2.09. The predicted molar refractivity (Wildman–Crippen MR) is 135 cm³/mol. The van der Waals surface area contributed by atoms with Gasteiger partial charge in [0.05, 0.1) is 12.1 Å². The Hall–Kier alpha value is -4.28. The van der Waals surface area contributed by atoms with Crippen molar-refractivity contribution < 1.29 is 28.6 Å². The summed E-state index contributed by atoms with van der Waals surface area (Å²) in [5.74, 6) is 0.409. The lowest BCUT2D eigenvalue weighted by molar-refractivity contribution is 0.0849. The molecule has 0 bridgehead atoms. The van der Waals surface area contributed by atoms with Gasteiger partial charge in [-0.3, -0.25) is 25.2 Å². The molecule has 3 N–H and O–H groups in total. The van der Waals surface area contributed by atoms with Crippen LogP contribution in [0, 0.1) is 0 Å². The molecule has 1 aliphatic rings. The van der Waals surface area contributed by atoms with Crippen LogP contribution in [-0.2, 0) is 0 Å². The number of halogens is 1. The van der Waals surface area contributed by atoms with Gasteiger partial charge >= 0.3 is 0 Å². The fourth-order valence-corrected chi connectivity index (χ4v) is 4.91. The van der Waals surface area contributed by atoms with Crippen molar-refractivity contribution in [1.29, 1.82) is 0 Å². The van der Waals surface area contributed by atoms with E-state index in [2.05, 4.69) is 16.2 Å². The van der Waals surface area contributed by atoms with Crippen LogP contribution in [0.15, 0.2) is 60.7 Å². The van der Waals surface area contributed by atoms with Crippen molar-refractivity contribution in [3.8, 4) is 17.2 Å². The third-order valence-electron chi connectivity index (χ3n) is 5.38. The van der Waals surface area contributed by atoms with E-state index >= 15 is 0 Å². The SMILES string of the molecule is COc1ccc(C(=O)Nc2ccc(C(=O)NNC(=O)c3sc4cc5c(cc4c3Cl)OCO5)cc2)cc1. The van der Waals surface area contributed by atoms with Gasteiger partial charge in [0.2, 0.25) is 6.79 Å². The van der Waals surface area contributed by atoms with E-state index in [9.17, 15) is 14.4 Å². The Balaban J connectivity index is 1.20. The summed E-state index contributed by atoms with van der Waals surface area (Å²) in [6.07, 6.45) is 0. The molecule has 5 rings (SSSR count). The van der Waals surface area contributed by atoms with Crippen LogP contribution in [0.1, 0.15) is 30.4 Å². The molecule has 0 aliphatic carbocycles. The van der Waals surface area contributed by atoms with Crippen LogP contribution in [-0.4, -0.2) is 31.6 Å². The van der Waals surface area contributed by atoms with Crippen LogP contribution in [0.3, 0.4) is 0 Å². The van der Waals surface area contributed by atoms with Crippen LogP contribution in [0.2, 0.25) is 5.02 Å². The van der Waals surface area contributed by atoms with Crippen molar-refractivity contribution in [2.45, 2.75) is 0 Å². The van der Waals surface area contributed by atoms with E-state index in [1.807, 2.05) is 0 Å². The normalized spacial score (nSPS) is 11.7. The number of carbonyl (C=O) groups is 3. The summed E-state index contributed by atoms with van der Waals surface area (Å²) in [6, 6.07) is 16.4. The highest BCUT2D eigenvalue weighted by Gasteiger charge is 2.22. The Labute approximate surface area is 213 Å². The Morgan fingerprint density at radius 3 is 2.17 bits per heavy atom. The summed E-state index contributed by atoms with van der Waals surface area (Å²) >= 11 is 7.58. The fraction of sp³-hybridized carbons (Fsp3) is 0.0800. The number of ether oxygens (including phenoxy) is 3. The van der Waals surface area contributed by atoms with Gasteiger partial charge in [0, 0.05) is 33.0 Å². The van der Waals surface area contributed by atoms with Crippen LogP contribution >= 0.6 is 22.9 Å². The van der Waals surface area contributed by atoms with Crippen LogP contribution in [0.4, 0.5) is 5.69 Å². The van der Waals surface area contributed by atoms with Crippen LogP contribution < -0.4 is 30.4 Å². The molecule has 3 aromatic carbocycles. The number of fused-ring (bicyclic) bond motifs is 2. The van der Waals surface area contributed by atoms with Crippen molar-refractivity contribution in [1.82, 2.24) is 10.9 Å². The second-order valence-electron chi connectivity index (χ2n) is 7.62. The number of benzene rings is 3. The van der Waals surface area contributed by atoms with E-state index in [0.717, 1.165) is 4.70 Å². The smallest absolute Gasteiger partial charge is 0.281 e. The van der Waals surface area contributed by atoms with Crippen LogP contribution in [0.5, 0.6) is 17.2 Å². The van der Waals surface area contributed by atoms with Crippen molar-refractivity contribution >= 4 is 56.4 Å². The first-order chi connectivity index (χ1) is 17.4. The largest absolute Gasteiger partial charge is 0.497 e. The first-order valence-corrected chi connectivity index (χ1v) is 11.8. The Bertz CT molecular complexity index is 1480. The highest BCUT2D eigenvalue weighted by molar-refractivity contribution is 7.21. The number of nitrogens with one attached hydrogen (secondary N) is 3. The molecule has 0 atom stereocenters. The average Bonchev–Trinajstić information content (AvgIpc) is 3.49. The molecular formula is C25H18ClN3O6S. The zero-order chi connectivity index (χ0) is 25.2. The van der Waals surface area contributed by atoms with Gasteiger partial charge in [-0.1, -0.05) is 11.6 Å². The topological polar surface area (TPSA) is 115 Å². The van der Waals surface area contributed by atoms with E-state index in [4.69, 9.17) is 25.8 Å². The molecule has 0 unspecified atom stereocenters. The monoisotopic (exact) mass is 523 g/mol. The minimum absolute atomic E-state index is 0.139. The molecule has 182 valence electrons. The summed E-state index contributed by atoms with van der Waals surface area (Å²) in [4.78, 5) is 37.8. The molecule has 0 saturated carbocycles. The number of hydrogen-bond donors (Lipinski definition) is 3. The Morgan fingerprint density at radius 2 is 1.47 bits per heavy atom. The number of rotatable bonds is 5. The molecule has 1 aromatic heterocycles. The minimum Gasteiger partial charge on any atom is -0.497 e. The summed E-state index contributed by atoms with van der Waals surface area (Å²) in [6.45, 7) is 0.139. The molecule has 36 heavy (non-hydrogen) atoms. The lowest BCUT2D eigenvalue weighted by atomic mass is 10.1. The van der Waals surface area contributed by atoms with Gasteiger partial charge in [-0.2, -0.15) is 0 Å². The van der Waals surface area contributed by atoms with E-state index in [-0.39, 0.29) is 28.2 Å². The third kappa shape index (κ3) is 4.64. The number of hydrogen-bond acceptors (Lipinski definition) is 7. The van der Waals surface area contributed by atoms with Crippen molar-refractivity contribution in [3.63, 3.8) is 0 Å². The summed E-state index contributed by atoms with van der Waals surface area (Å²) in [5.41, 5.74) is 6.00. The predicted octanol–water partition coefficient (Wildman–Crippen LogP) is 4.62. The van der Waals surface area contributed by atoms with Gasteiger partial charge in [-0.15, -0.1) is 11.3 Å². The quantitative estimate of drug-likeness (QED) is 0.329. The first kappa shape index (κ1) is 23.5. The van der Waals surface area contributed by atoms with Gasteiger partial charge in [0.25, 0.3) is 17.7 Å². The minimum atomic E-state index is -0.556. The van der Waals surface area contributed by atoms with Crippen molar-refractivity contribution in [2.24, 2.45) is 0 Å². The highest BCUT2D eigenvalue weighted by atomic mass is 35.5. The molecule has 3 amide bonds. The number of carbonyl (C=O) groups excluding carboxylic acids is 3. The number of amides is 3. The van der Waals surface area contributed by atoms with E-state index < -0.39 is 11.8 Å². The molecule has 1 aliphatic heterocycles. The Kier molecular flexibility index (Phi) is 6.36. The maximum atomic E-state index is 12.7. The molecule has 2 heterocycles. The van der Waals surface area contributed by atoms with Crippen LogP contribution in [0.25, 0.3) is 10.1 Å². The van der Waals surface area contributed by atoms with Gasteiger partial charge in [-0.05, 0) is 54.6 Å². The molecule has 0 radical (unpaired) electrons. The molecule has 9 nitrogen and oxygen atoms in total. The summed E-state index contributed by atoms with van der Waals surface area (Å²) in [5, 5.41) is 3.68. The number of hydrazine groups is 1. The molecule has 11 heteroatoms. The standard InChI is InChI=1S/C25H18ClN3O6S/c1-33-16-8-4-13(5-9-16)23(30)27-15-6-2-14(3-7-15)24(31)28-29-25(32)22-21(26)17-10-18-19(35-12-34-18)11-20(17)36-22/h2-11H,12H2,1H3,(H,27,30)(H,28,31)(H,29,32). The van der Waals surface area contributed by atoms with Gasteiger partial charge in [0.15, 0.2) is 11.5 Å². The molecule has 4 aromatic rings. The zero-order valence-electron chi connectivity index (χ0n) is 18.7. The maximum absolute atomic E-state index is 12.7. The third-order valence-corrected chi connectivity index (χ3v) is 7.03. The molecule has 0 spiro atoms. The van der Waals surface area contributed by atoms with Gasteiger partial charge < -0.3 is 19.5 Å². The van der Waals surface area contributed by atoms with E-state index in [0.29, 0.717) is 33.9 Å². The summed E-state index contributed by atoms with van der Waals surface area (Å²) < 4.78 is 16.6. The molecule has 0 fully saturated rings. The van der Waals surface area contributed by atoms with Crippen molar-refractivity contribution in [2.75, 3.05) is 19.2 Å². The average molecular weight is 524 g/mol. The number of anilines is 1. The fourth-order valence-electron chi connectivity index (χ4n) is 3.50. The van der Waals surface area contributed by atoms with Gasteiger partial charge in [-0.25, -0.2) is 0 Å². The molecule has 0 saturated heterocycles. The first-order valence-electron chi connectivity index (χ1n) is 10.6. The van der Waals surface area contributed by atoms with Gasteiger partial charge in [0.1, 0.15) is 10.6 Å². The number of thiophene rings is 1. The zero-order valence-corrected chi connectivity index (χ0v) is 20.3. The van der Waals surface area contributed by atoms with E-state index in [1.165, 1.54) is 23.5 Å². The number of methoxy groups -OCH3 is 1. The second-order valence-corrected chi connectivity index (χ2v) is 9.05. The van der Waals surface area contributed by atoms with E-state index in [1.54, 1.807) is 55.6 Å². The second kappa shape index (κ2) is 9.76. The lowest BCUT2D eigenvalue weighted by Crippen LogP contribution is -2.41. The summed E-state index contributed by atoms with van der Waals surface area (Å²) in [7, 11) is 1.55. The maximum Gasteiger partial charge on any atom is 0.281 e.